The lowest BCUT2D eigenvalue weighted by molar-refractivity contribution is 0.0918. The Morgan fingerprint density at radius 2 is 1.42 bits per heavy atom. The van der Waals surface area contributed by atoms with E-state index < -0.39 is 0 Å². The lowest BCUT2D eigenvalue weighted by Gasteiger charge is -2.23. The molecule has 4 heteroatoms. The molecule has 4 nitrogen and oxygen atoms in total. The van der Waals surface area contributed by atoms with E-state index in [1.807, 2.05) is 83.1 Å². The lowest BCUT2D eigenvalue weighted by Crippen LogP contribution is -2.41. The Morgan fingerprint density at radius 1 is 0.885 bits per heavy atom. The smallest absolute Gasteiger partial charge is 0.251 e. The first-order chi connectivity index (χ1) is 12.2. The highest BCUT2D eigenvalue weighted by atomic mass is 16.4. The first-order valence-corrected chi connectivity index (χ1v) is 8.79. The average Bonchev–Trinajstić information content (AvgIpc) is 3.16. The molecule has 26 heavy (non-hydrogen) atoms. The Morgan fingerprint density at radius 3 is 1.88 bits per heavy atom. The molecule has 0 aliphatic rings. The molecule has 3 rings (SSSR count). The number of furan rings is 2. The summed E-state index contributed by atoms with van der Waals surface area (Å²) in [6, 6.07) is 15.3. The van der Waals surface area contributed by atoms with Crippen LogP contribution in [0.5, 0.6) is 0 Å². The second kappa shape index (κ2) is 6.87. The standard InChI is InChI=1S/C22H25NO3/c1-14-10-12-18(25-14)20(19-13-11-15(2)26-19)16-8-6-7-9-17(16)21(24)23-22(3,4)5/h6-13,20H,1-5H3,(H,23,24). The Labute approximate surface area is 154 Å². The first-order valence-electron chi connectivity index (χ1n) is 8.79. The summed E-state index contributed by atoms with van der Waals surface area (Å²) in [7, 11) is 0. The molecule has 0 unspecified atom stereocenters. The molecule has 0 bridgehead atoms. The van der Waals surface area contributed by atoms with Gasteiger partial charge in [-0.25, -0.2) is 0 Å². The maximum atomic E-state index is 12.9. The number of nitrogens with one attached hydrogen (secondary N) is 1. The number of rotatable bonds is 4. The fourth-order valence-electron chi connectivity index (χ4n) is 3.03. The van der Waals surface area contributed by atoms with Gasteiger partial charge < -0.3 is 14.2 Å². The monoisotopic (exact) mass is 351 g/mol. The van der Waals surface area contributed by atoms with Crippen LogP contribution >= 0.6 is 0 Å². The predicted molar refractivity (Wildman–Crippen MR) is 101 cm³/mol. The zero-order valence-electron chi connectivity index (χ0n) is 15.9. The van der Waals surface area contributed by atoms with Gasteiger partial charge in [-0.2, -0.15) is 0 Å². The van der Waals surface area contributed by atoms with Crippen molar-refractivity contribution in [3.63, 3.8) is 0 Å². The largest absolute Gasteiger partial charge is 0.465 e. The summed E-state index contributed by atoms with van der Waals surface area (Å²) in [5, 5.41) is 3.04. The van der Waals surface area contributed by atoms with E-state index in [9.17, 15) is 4.79 Å². The third-order valence-electron chi connectivity index (χ3n) is 4.10. The summed E-state index contributed by atoms with van der Waals surface area (Å²) in [5.41, 5.74) is 1.16. The molecule has 1 N–H and O–H groups in total. The van der Waals surface area contributed by atoms with E-state index in [0.29, 0.717) is 5.56 Å². The van der Waals surface area contributed by atoms with Crippen LogP contribution in [0, 0.1) is 13.8 Å². The fourth-order valence-corrected chi connectivity index (χ4v) is 3.03. The topological polar surface area (TPSA) is 55.4 Å². The molecule has 0 radical (unpaired) electrons. The zero-order valence-corrected chi connectivity index (χ0v) is 15.9. The van der Waals surface area contributed by atoms with Crippen LogP contribution in [-0.4, -0.2) is 11.4 Å². The quantitative estimate of drug-likeness (QED) is 0.703. The normalized spacial score (nSPS) is 11.8. The van der Waals surface area contributed by atoms with Gasteiger partial charge in [-0.3, -0.25) is 4.79 Å². The minimum atomic E-state index is -0.317. The van der Waals surface area contributed by atoms with Crippen LogP contribution in [0.15, 0.2) is 57.4 Å². The van der Waals surface area contributed by atoms with Gasteiger partial charge in [0, 0.05) is 11.1 Å². The molecule has 136 valence electrons. The van der Waals surface area contributed by atoms with Crippen molar-refractivity contribution in [1.82, 2.24) is 5.32 Å². The van der Waals surface area contributed by atoms with Crippen LogP contribution in [0.1, 0.15) is 65.7 Å². The van der Waals surface area contributed by atoms with Crippen molar-refractivity contribution in [3.05, 3.63) is 82.7 Å². The molecule has 1 aromatic carbocycles. The Bertz CT molecular complexity index is 871. The van der Waals surface area contributed by atoms with Gasteiger partial charge in [0.1, 0.15) is 29.0 Å². The molecule has 0 saturated heterocycles. The fraction of sp³-hybridized carbons (Fsp3) is 0.318. The maximum absolute atomic E-state index is 12.9. The highest BCUT2D eigenvalue weighted by Crippen LogP contribution is 2.36. The van der Waals surface area contributed by atoms with Gasteiger partial charge in [0.15, 0.2) is 0 Å². The van der Waals surface area contributed by atoms with Crippen LogP contribution in [-0.2, 0) is 0 Å². The van der Waals surface area contributed by atoms with E-state index in [4.69, 9.17) is 8.83 Å². The number of aryl methyl sites for hydroxylation is 2. The molecule has 0 atom stereocenters. The van der Waals surface area contributed by atoms with Crippen LogP contribution < -0.4 is 5.32 Å². The van der Waals surface area contributed by atoms with Gasteiger partial charge >= 0.3 is 0 Å². The van der Waals surface area contributed by atoms with Crippen molar-refractivity contribution < 1.29 is 13.6 Å². The minimum absolute atomic E-state index is 0.107. The van der Waals surface area contributed by atoms with Crippen LogP contribution in [0.4, 0.5) is 0 Å². The van der Waals surface area contributed by atoms with Crippen LogP contribution in [0.2, 0.25) is 0 Å². The molecule has 0 aliphatic heterocycles. The van der Waals surface area contributed by atoms with Gasteiger partial charge in [-0.1, -0.05) is 18.2 Å². The van der Waals surface area contributed by atoms with E-state index in [1.165, 1.54) is 0 Å². The highest BCUT2D eigenvalue weighted by molar-refractivity contribution is 5.96. The Hall–Kier alpha value is -2.75. The second-order valence-electron chi connectivity index (χ2n) is 7.62. The summed E-state index contributed by atoms with van der Waals surface area (Å²) in [6.07, 6.45) is 0. The Kier molecular flexibility index (Phi) is 4.77. The summed E-state index contributed by atoms with van der Waals surface area (Å²) in [4.78, 5) is 12.9. The molecule has 0 fully saturated rings. The van der Waals surface area contributed by atoms with Crippen molar-refractivity contribution in [2.75, 3.05) is 0 Å². The number of carbonyl (C=O) groups excluding carboxylic acids is 1. The van der Waals surface area contributed by atoms with Crippen molar-refractivity contribution in [2.45, 2.75) is 46.1 Å². The summed E-state index contributed by atoms with van der Waals surface area (Å²) >= 11 is 0. The molecular weight excluding hydrogens is 326 g/mol. The van der Waals surface area contributed by atoms with E-state index in [0.717, 1.165) is 28.6 Å². The average molecular weight is 351 g/mol. The minimum Gasteiger partial charge on any atom is -0.465 e. The van der Waals surface area contributed by atoms with Crippen molar-refractivity contribution in [3.8, 4) is 0 Å². The van der Waals surface area contributed by atoms with Crippen LogP contribution in [0.3, 0.4) is 0 Å². The number of hydrogen-bond donors (Lipinski definition) is 1. The molecule has 1 amide bonds. The third kappa shape index (κ3) is 3.90. The molecular formula is C22H25NO3. The van der Waals surface area contributed by atoms with E-state index in [2.05, 4.69) is 5.32 Å². The van der Waals surface area contributed by atoms with Gasteiger partial charge in [0.25, 0.3) is 5.91 Å². The summed E-state index contributed by atoms with van der Waals surface area (Å²) in [6.45, 7) is 9.72. The molecule has 0 aliphatic carbocycles. The SMILES string of the molecule is Cc1ccc(C(c2ccc(C)o2)c2ccccc2C(=O)NC(C)(C)C)o1. The van der Waals surface area contributed by atoms with Crippen molar-refractivity contribution >= 4 is 5.91 Å². The predicted octanol–water partition coefficient (Wildman–Crippen LogP) is 5.20. The third-order valence-corrected chi connectivity index (χ3v) is 4.10. The number of amides is 1. The van der Waals surface area contributed by atoms with E-state index in [-0.39, 0.29) is 17.4 Å². The summed E-state index contributed by atoms with van der Waals surface area (Å²) in [5.74, 6) is 2.78. The van der Waals surface area contributed by atoms with Gasteiger partial charge in [0.2, 0.25) is 0 Å². The highest BCUT2D eigenvalue weighted by Gasteiger charge is 2.28. The molecule has 3 aromatic rings. The number of carbonyl (C=O) groups is 1. The van der Waals surface area contributed by atoms with Gasteiger partial charge in [-0.05, 0) is 70.5 Å². The van der Waals surface area contributed by atoms with Crippen molar-refractivity contribution in [2.24, 2.45) is 0 Å². The van der Waals surface area contributed by atoms with Gasteiger partial charge in [-0.15, -0.1) is 0 Å². The molecule has 0 saturated carbocycles. The second-order valence-corrected chi connectivity index (χ2v) is 7.62. The van der Waals surface area contributed by atoms with E-state index in [1.54, 1.807) is 0 Å². The summed E-state index contributed by atoms with van der Waals surface area (Å²) < 4.78 is 11.8. The molecule has 2 heterocycles. The Balaban J connectivity index is 2.12. The lowest BCUT2D eigenvalue weighted by atomic mass is 9.89. The van der Waals surface area contributed by atoms with Crippen molar-refractivity contribution in [1.29, 1.82) is 0 Å². The first kappa shape index (κ1) is 18.1. The van der Waals surface area contributed by atoms with Gasteiger partial charge in [0.05, 0.1) is 0 Å². The number of benzene rings is 1. The van der Waals surface area contributed by atoms with Crippen LogP contribution in [0.25, 0.3) is 0 Å². The molecule has 2 aromatic heterocycles. The zero-order chi connectivity index (χ0) is 18.9. The maximum Gasteiger partial charge on any atom is 0.251 e. The molecule has 0 spiro atoms. The van der Waals surface area contributed by atoms with E-state index >= 15 is 0 Å². The number of hydrogen-bond acceptors (Lipinski definition) is 3.